The molecule has 74 valence electrons. The fraction of sp³-hybridized carbons (Fsp3) is 0.750. The lowest BCUT2D eigenvalue weighted by Crippen LogP contribution is -2.40. The highest BCUT2D eigenvalue weighted by molar-refractivity contribution is 5.80. The monoisotopic (exact) mass is 186 g/mol. The van der Waals surface area contributed by atoms with E-state index < -0.39 is 12.0 Å². The SMILES string of the molecule is CC1(C)CC1NC(=O)NCC(=O)O. The van der Waals surface area contributed by atoms with E-state index in [2.05, 4.69) is 24.5 Å². The molecule has 0 bridgehead atoms. The van der Waals surface area contributed by atoms with Gasteiger partial charge in [-0.15, -0.1) is 0 Å². The molecule has 0 heterocycles. The lowest BCUT2D eigenvalue weighted by molar-refractivity contribution is -0.135. The van der Waals surface area contributed by atoms with Crippen LogP contribution in [0.2, 0.25) is 0 Å². The molecule has 1 fully saturated rings. The van der Waals surface area contributed by atoms with Crippen molar-refractivity contribution in [1.82, 2.24) is 10.6 Å². The molecule has 0 aromatic carbocycles. The van der Waals surface area contributed by atoms with Gasteiger partial charge in [0.15, 0.2) is 0 Å². The number of carbonyl (C=O) groups is 2. The number of nitrogens with one attached hydrogen (secondary N) is 2. The molecule has 0 saturated heterocycles. The van der Waals surface area contributed by atoms with Crippen molar-refractivity contribution in [3.63, 3.8) is 0 Å². The predicted molar refractivity (Wildman–Crippen MR) is 46.4 cm³/mol. The molecule has 0 aliphatic heterocycles. The second-order valence-electron chi connectivity index (χ2n) is 3.97. The number of amides is 2. The summed E-state index contributed by atoms with van der Waals surface area (Å²) in [5.74, 6) is -1.04. The summed E-state index contributed by atoms with van der Waals surface area (Å²) in [4.78, 5) is 21.1. The molecule has 5 heteroatoms. The molecule has 13 heavy (non-hydrogen) atoms. The Labute approximate surface area is 76.5 Å². The maximum Gasteiger partial charge on any atom is 0.323 e. The topological polar surface area (TPSA) is 78.4 Å². The maximum atomic E-state index is 11.0. The van der Waals surface area contributed by atoms with E-state index in [1.54, 1.807) is 0 Å². The second-order valence-corrected chi connectivity index (χ2v) is 3.97. The first-order valence-electron chi connectivity index (χ1n) is 4.18. The van der Waals surface area contributed by atoms with E-state index in [-0.39, 0.29) is 18.0 Å². The van der Waals surface area contributed by atoms with Crippen molar-refractivity contribution in [2.24, 2.45) is 5.41 Å². The molecule has 1 rings (SSSR count). The molecule has 1 aliphatic rings. The summed E-state index contributed by atoms with van der Waals surface area (Å²) in [5, 5.41) is 13.2. The molecule has 0 radical (unpaired) electrons. The number of carbonyl (C=O) groups excluding carboxylic acids is 1. The van der Waals surface area contributed by atoms with Crippen molar-refractivity contribution < 1.29 is 14.7 Å². The lowest BCUT2D eigenvalue weighted by Gasteiger charge is -2.06. The third-order valence-electron chi connectivity index (χ3n) is 2.22. The normalized spacial score (nSPS) is 23.4. The van der Waals surface area contributed by atoms with E-state index in [4.69, 9.17) is 5.11 Å². The highest BCUT2D eigenvalue weighted by Gasteiger charge is 2.46. The Morgan fingerprint density at radius 2 is 2.08 bits per heavy atom. The largest absolute Gasteiger partial charge is 0.480 e. The molecule has 1 atom stereocenters. The third kappa shape index (κ3) is 2.93. The second kappa shape index (κ2) is 3.24. The van der Waals surface area contributed by atoms with Gasteiger partial charge < -0.3 is 15.7 Å². The maximum absolute atomic E-state index is 11.0. The zero-order valence-corrected chi connectivity index (χ0v) is 7.76. The first-order chi connectivity index (χ1) is 5.92. The first-order valence-corrected chi connectivity index (χ1v) is 4.18. The number of urea groups is 1. The lowest BCUT2D eigenvalue weighted by atomic mass is 10.2. The zero-order chi connectivity index (χ0) is 10.1. The number of carboxylic acids is 1. The molecule has 1 unspecified atom stereocenters. The number of hydrogen-bond acceptors (Lipinski definition) is 2. The van der Waals surface area contributed by atoms with Gasteiger partial charge >= 0.3 is 12.0 Å². The molecular weight excluding hydrogens is 172 g/mol. The van der Waals surface area contributed by atoms with Gasteiger partial charge in [-0.1, -0.05) is 13.8 Å². The third-order valence-corrected chi connectivity index (χ3v) is 2.22. The number of hydrogen-bond donors (Lipinski definition) is 3. The van der Waals surface area contributed by atoms with Gasteiger partial charge in [-0.05, 0) is 11.8 Å². The minimum absolute atomic E-state index is 0.167. The summed E-state index contributed by atoms with van der Waals surface area (Å²) in [6.07, 6.45) is 0.952. The number of carboxylic acid groups (broad SMARTS) is 1. The molecule has 1 aliphatic carbocycles. The molecular formula is C8H14N2O3. The summed E-state index contributed by atoms with van der Waals surface area (Å²) >= 11 is 0. The van der Waals surface area contributed by atoms with Crippen LogP contribution < -0.4 is 10.6 Å². The Bertz CT molecular complexity index is 238. The van der Waals surface area contributed by atoms with E-state index in [1.807, 2.05) is 0 Å². The van der Waals surface area contributed by atoms with Gasteiger partial charge in [0.2, 0.25) is 0 Å². The summed E-state index contributed by atoms with van der Waals surface area (Å²) in [7, 11) is 0. The zero-order valence-electron chi connectivity index (χ0n) is 7.76. The van der Waals surface area contributed by atoms with Crippen LogP contribution in [0, 0.1) is 5.41 Å². The van der Waals surface area contributed by atoms with Gasteiger partial charge in [0, 0.05) is 6.04 Å². The minimum atomic E-state index is -1.04. The molecule has 1 saturated carbocycles. The van der Waals surface area contributed by atoms with Crippen molar-refractivity contribution >= 4 is 12.0 Å². The Morgan fingerprint density at radius 3 is 2.46 bits per heavy atom. The van der Waals surface area contributed by atoms with Crippen LogP contribution in [0.5, 0.6) is 0 Å². The van der Waals surface area contributed by atoms with Crippen LogP contribution in [-0.4, -0.2) is 29.7 Å². The van der Waals surface area contributed by atoms with E-state index >= 15 is 0 Å². The van der Waals surface area contributed by atoms with Crippen molar-refractivity contribution in [3.05, 3.63) is 0 Å². The number of rotatable bonds is 3. The van der Waals surface area contributed by atoms with Crippen molar-refractivity contribution in [2.45, 2.75) is 26.3 Å². The molecule has 0 aromatic heterocycles. The van der Waals surface area contributed by atoms with E-state index in [0.29, 0.717) is 0 Å². The summed E-state index contributed by atoms with van der Waals surface area (Å²) in [6.45, 7) is 3.77. The van der Waals surface area contributed by atoms with Gasteiger partial charge in [0.1, 0.15) is 6.54 Å². The van der Waals surface area contributed by atoms with Crippen molar-refractivity contribution in [2.75, 3.05) is 6.54 Å². The molecule has 0 spiro atoms. The quantitative estimate of drug-likeness (QED) is 0.587. The van der Waals surface area contributed by atoms with Crippen LogP contribution in [-0.2, 0) is 4.79 Å². The fourth-order valence-electron chi connectivity index (χ4n) is 1.08. The van der Waals surface area contributed by atoms with Crippen molar-refractivity contribution in [3.8, 4) is 0 Å². The van der Waals surface area contributed by atoms with Crippen molar-refractivity contribution in [1.29, 1.82) is 0 Å². The van der Waals surface area contributed by atoms with Gasteiger partial charge in [0.25, 0.3) is 0 Å². The molecule has 2 amide bonds. The first kappa shape index (κ1) is 9.83. The van der Waals surface area contributed by atoms with E-state index in [9.17, 15) is 9.59 Å². The van der Waals surface area contributed by atoms with Crippen LogP contribution in [0.4, 0.5) is 4.79 Å². The molecule has 0 aromatic rings. The van der Waals surface area contributed by atoms with Crippen LogP contribution in [0.1, 0.15) is 20.3 Å². The van der Waals surface area contributed by atoms with Crippen LogP contribution in [0.15, 0.2) is 0 Å². The average Bonchev–Trinajstić information content (AvgIpc) is 2.54. The summed E-state index contributed by atoms with van der Waals surface area (Å²) in [6, 6.07) is -0.223. The highest BCUT2D eigenvalue weighted by atomic mass is 16.4. The fourth-order valence-corrected chi connectivity index (χ4v) is 1.08. The highest BCUT2D eigenvalue weighted by Crippen LogP contribution is 2.44. The van der Waals surface area contributed by atoms with Crippen LogP contribution in [0.3, 0.4) is 0 Å². The van der Waals surface area contributed by atoms with Crippen LogP contribution in [0.25, 0.3) is 0 Å². The van der Waals surface area contributed by atoms with Gasteiger partial charge in [-0.2, -0.15) is 0 Å². The summed E-state index contributed by atoms with van der Waals surface area (Å²) < 4.78 is 0. The minimum Gasteiger partial charge on any atom is -0.480 e. The van der Waals surface area contributed by atoms with Gasteiger partial charge in [-0.3, -0.25) is 4.79 Å². The van der Waals surface area contributed by atoms with Gasteiger partial charge in [-0.25, -0.2) is 4.79 Å². The smallest absolute Gasteiger partial charge is 0.323 e. The van der Waals surface area contributed by atoms with E-state index in [0.717, 1.165) is 6.42 Å². The average molecular weight is 186 g/mol. The molecule has 3 N–H and O–H groups in total. The Hall–Kier alpha value is -1.26. The Kier molecular flexibility index (Phi) is 2.45. The van der Waals surface area contributed by atoms with Gasteiger partial charge in [0.05, 0.1) is 0 Å². The number of aliphatic carboxylic acids is 1. The standard InChI is InChI=1S/C8H14N2O3/c1-8(2)3-5(8)10-7(13)9-4-6(11)12/h5H,3-4H2,1-2H3,(H,11,12)(H2,9,10,13). The predicted octanol–water partition coefficient (Wildman–Crippen LogP) is 0.169. The summed E-state index contributed by atoms with van der Waals surface area (Å²) in [5.41, 5.74) is 0.167. The van der Waals surface area contributed by atoms with Crippen LogP contribution >= 0.6 is 0 Å². The molecule has 5 nitrogen and oxygen atoms in total. The Balaban J connectivity index is 2.16. The Morgan fingerprint density at radius 1 is 1.54 bits per heavy atom. The van der Waals surface area contributed by atoms with E-state index in [1.165, 1.54) is 0 Å².